The summed E-state index contributed by atoms with van der Waals surface area (Å²) >= 11 is 0. The van der Waals surface area contributed by atoms with Crippen molar-refractivity contribution in [2.24, 2.45) is 17.6 Å². The average Bonchev–Trinajstić information content (AvgIpc) is 2.45. The monoisotopic (exact) mass is 330 g/mol. The van der Waals surface area contributed by atoms with Crippen molar-refractivity contribution < 1.29 is 22.7 Å². The van der Waals surface area contributed by atoms with E-state index in [9.17, 15) is 18.0 Å². The highest BCUT2D eigenvalue weighted by Crippen LogP contribution is 2.42. The largest absolute Gasteiger partial charge is 0.392 e. The summed E-state index contributed by atoms with van der Waals surface area (Å²) in [6.45, 7) is 1.28. The van der Waals surface area contributed by atoms with Crippen LogP contribution in [0.2, 0.25) is 0 Å². The zero-order valence-corrected chi connectivity index (χ0v) is 12.6. The molecule has 2 rings (SSSR count). The van der Waals surface area contributed by atoms with Gasteiger partial charge in [-0.1, -0.05) is 12.8 Å². The summed E-state index contributed by atoms with van der Waals surface area (Å²) in [6.07, 6.45) is -2.94. The highest BCUT2D eigenvalue weighted by atomic mass is 35.5. The van der Waals surface area contributed by atoms with Gasteiger partial charge in [0.05, 0.1) is 18.6 Å². The van der Waals surface area contributed by atoms with Crippen LogP contribution >= 0.6 is 12.4 Å². The van der Waals surface area contributed by atoms with E-state index in [1.807, 2.05) is 0 Å². The molecule has 0 radical (unpaired) electrons. The number of hydrogen-bond acceptors (Lipinski definition) is 3. The van der Waals surface area contributed by atoms with Crippen molar-refractivity contribution in [3.05, 3.63) is 0 Å². The third-order valence-electron chi connectivity index (χ3n) is 4.22. The molecule has 124 valence electrons. The van der Waals surface area contributed by atoms with Crippen LogP contribution in [0.15, 0.2) is 0 Å². The molecule has 0 bridgehead atoms. The molecule has 21 heavy (non-hydrogen) atoms. The zero-order chi connectivity index (χ0) is 14.8. The van der Waals surface area contributed by atoms with Gasteiger partial charge in [-0.2, -0.15) is 13.2 Å². The summed E-state index contributed by atoms with van der Waals surface area (Å²) in [5.41, 5.74) is 5.50. The van der Waals surface area contributed by atoms with E-state index in [0.717, 1.165) is 0 Å². The van der Waals surface area contributed by atoms with E-state index in [-0.39, 0.29) is 37.4 Å². The minimum atomic E-state index is -4.29. The first-order valence-electron chi connectivity index (χ1n) is 7.10. The molecule has 4 nitrogen and oxygen atoms in total. The lowest BCUT2D eigenvalue weighted by molar-refractivity contribution is -0.202. The standard InChI is InChI=1S/C13H21F3N2O2.ClH/c14-13(15,16)11-4-2-1-3-10(11)12(19)18-5-6-20-9(7-17)8-18;/h9-11H,1-8,17H2;1H. The summed E-state index contributed by atoms with van der Waals surface area (Å²) in [5.74, 6) is -2.81. The molecule has 0 spiro atoms. The highest BCUT2D eigenvalue weighted by Gasteiger charge is 2.49. The number of carbonyl (C=O) groups is 1. The fourth-order valence-corrected chi connectivity index (χ4v) is 3.11. The van der Waals surface area contributed by atoms with E-state index in [4.69, 9.17) is 10.5 Å². The smallest absolute Gasteiger partial charge is 0.373 e. The molecule has 1 aliphatic carbocycles. The molecule has 1 amide bonds. The number of rotatable bonds is 2. The normalized spacial score (nSPS) is 30.7. The summed E-state index contributed by atoms with van der Waals surface area (Å²) < 4.78 is 44.5. The summed E-state index contributed by atoms with van der Waals surface area (Å²) in [5, 5.41) is 0. The molecule has 3 unspecified atom stereocenters. The Kier molecular flexibility index (Phi) is 6.74. The number of amides is 1. The van der Waals surface area contributed by atoms with Crippen molar-refractivity contribution in [3.63, 3.8) is 0 Å². The van der Waals surface area contributed by atoms with Gasteiger partial charge >= 0.3 is 6.18 Å². The maximum Gasteiger partial charge on any atom is 0.392 e. The Morgan fingerprint density at radius 1 is 1.29 bits per heavy atom. The third-order valence-corrected chi connectivity index (χ3v) is 4.22. The van der Waals surface area contributed by atoms with Crippen molar-refractivity contribution in [1.29, 1.82) is 0 Å². The Morgan fingerprint density at radius 2 is 1.95 bits per heavy atom. The first kappa shape index (κ1) is 18.5. The number of ether oxygens (including phenoxy) is 1. The maximum atomic E-state index is 13.0. The minimum Gasteiger partial charge on any atom is -0.373 e. The van der Waals surface area contributed by atoms with E-state index < -0.39 is 18.0 Å². The Morgan fingerprint density at radius 3 is 2.57 bits per heavy atom. The van der Waals surface area contributed by atoms with Crippen LogP contribution in [-0.2, 0) is 9.53 Å². The second-order valence-electron chi connectivity index (χ2n) is 5.55. The molecular weight excluding hydrogens is 309 g/mol. The first-order valence-corrected chi connectivity index (χ1v) is 7.10. The van der Waals surface area contributed by atoms with E-state index >= 15 is 0 Å². The van der Waals surface area contributed by atoms with E-state index in [2.05, 4.69) is 0 Å². The van der Waals surface area contributed by atoms with Gasteiger partial charge < -0.3 is 15.4 Å². The number of alkyl halides is 3. The van der Waals surface area contributed by atoms with Crippen LogP contribution in [0, 0.1) is 11.8 Å². The van der Waals surface area contributed by atoms with Gasteiger partial charge in [0.15, 0.2) is 0 Å². The molecule has 3 atom stereocenters. The van der Waals surface area contributed by atoms with Crippen molar-refractivity contribution >= 4 is 18.3 Å². The van der Waals surface area contributed by atoms with Crippen LogP contribution in [-0.4, -0.2) is 49.3 Å². The Balaban J connectivity index is 0.00000220. The van der Waals surface area contributed by atoms with Crippen LogP contribution in [0.1, 0.15) is 25.7 Å². The molecule has 2 aliphatic rings. The van der Waals surface area contributed by atoms with Crippen molar-refractivity contribution in [2.75, 3.05) is 26.2 Å². The summed E-state index contributed by atoms with van der Waals surface area (Å²) in [4.78, 5) is 13.9. The number of hydrogen-bond donors (Lipinski definition) is 1. The fraction of sp³-hybridized carbons (Fsp3) is 0.923. The molecule has 1 saturated heterocycles. The molecular formula is C13H22ClF3N2O2. The lowest BCUT2D eigenvalue weighted by Gasteiger charge is -2.38. The molecule has 2 N–H and O–H groups in total. The topological polar surface area (TPSA) is 55.6 Å². The molecule has 0 aromatic rings. The molecule has 0 aromatic carbocycles. The van der Waals surface area contributed by atoms with Gasteiger partial charge in [-0.15, -0.1) is 12.4 Å². The number of carbonyl (C=O) groups excluding carboxylic acids is 1. The number of morpholine rings is 1. The Bertz CT molecular complexity index is 355. The second kappa shape index (κ2) is 7.65. The number of nitrogens with zero attached hydrogens (tertiary/aromatic N) is 1. The molecule has 1 aliphatic heterocycles. The molecule has 1 saturated carbocycles. The van der Waals surface area contributed by atoms with Gasteiger partial charge in [0.1, 0.15) is 0 Å². The maximum absolute atomic E-state index is 13.0. The fourth-order valence-electron chi connectivity index (χ4n) is 3.11. The van der Waals surface area contributed by atoms with Crippen LogP contribution in [0.3, 0.4) is 0 Å². The zero-order valence-electron chi connectivity index (χ0n) is 11.8. The predicted molar refractivity (Wildman–Crippen MR) is 74.1 cm³/mol. The predicted octanol–water partition coefficient (Wildman–Crippen LogP) is 1.96. The number of nitrogens with two attached hydrogens (primary N) is 1. The van der Waals surface area contributed by atoms with Gasteiger partial charge in [-0.25, -0.2) is 0 Å². The quantitative estimate of drug-likeness (QED) is 0.842. The summed E-state index contributed by atoms with van der Waals surface area (Å²) in [6, 6.07) is 0. The Hall–Kier alpha value is -0.530. The van der Waals surface area contributed by atoms with Crippen LogP contribution < -0.4 is 5.73 Å². The first-order chi connectivity index (χ1) is 9.43. The highest BCUT2D eigenvalue weighted by molar-refractivity contribution is 5.85. The lowest BCUT2D eigenvalue weighted by Crippen LogP contribution is -2.52. The SMILES string of the molecule is Cl.NCC1CN(C(=O)C2CCCCC2C(F)(F)F)CCO1. The van der Waals surface area contributed by atoms with E-state index in [0.29, 0.717) is 39.0 Å². The molecule has 2 fully saturated rings. The molecule has 8 heteroatoms. The van der Waals surface area contributed by atoms with Gasteiger partial charge in [0, 0.05) is 25.6 Å². The van der Waals surface area contributed by atoms with E-state index in [1.165, 1.54) is 4.90 Å². The molecule has 0 aromatic heterocycles. The average molecular weight is 331 g/mol. The third kappa shape index (κ3) is 4.47. The van der Waals surface area contributed by atoms with Crippen molar-refractivity contribution in [3.8, 4) is 0 Å². The van der Waals surface area contributed by atoms with Gasteiger partial charge in [0.25, 0.3) is 0 Å². The van der Waals surface area contributed by atoms with Gasteiger partial charge in [-0.3, -0.25) is 4.79 Å². The Labute approximate surface area is 128 Å². The second-order valence-corrected chi connectivity index (χ2v) is 5.55. The van der Waals surface area contributed by atoms with Crippen molar-refractivity contribution in [2.45, 2.75) is 38.0 Å². The van der Waals surface area contributed by atoms with Gasteiger partial charge in [-0.05, 0) is 12.8 Å². The van der Waals surface area contributed by atoms with Crippen LogP contribution in [0.5, 0.6) is 0 Å². The molecule has 1 heterocycles. The van der Waals surface area contributed by atoms with Gasteiger partial charge in [0.2, 0.25) is 5.91 Å². The number of halogens is 4. The lowest BCUT2D eigenvalue weighted by atomic mass is 9.78. The van der Waals surface area contributed by atoms with Crippen LogP contribution in [0.4, 0.5) is 13.2 Å². The van der Waals surface area contributed by atoms with E-state index in [1.54, 1.807) is 0 Å². The van der Waals surface area contributed by atoms with Crippen LogP contribution in [0.25, 0.3) is 0 Å². The summed E-state index contributed by atoms with van der Waals surface area (Å²) in [7, 11) is 0. The minimum absolute atomic E-state index is 0. The van der Waals surface area contributed by atoms with Crippen molar-refractivity contribution in [1.82, 2.24) is 4.90 Å².